The van der Waals surface area contributed by atoms with Gasteiger partial charge in [0.1, 0.15) is 11.4 Å². The number of nitrogens with one attached hydrogen (secondary N) is 2. The van der Waals surface area contributed by atoms with Gasteiger partial charge in [-0.05, 0) is 64.7 Å². The third kappa shape index (κ3) is 5.90. The summed E-state index contributed by atoms with van der Waals surface area (Å²) in [5.74, 6) is -0.426. The highest BCUT2D eigenvalue weighted by molar-refractivity contribution is 6.31. The van der Waals surface area contributed by atoms with Gasteiger partial charge in [-0.15, -0.1) is 0 Å². The summed E-state index contributed by atoms with van der Waals surface area (Å²) in [7, 11) is 0. The fourth-order valence-electron chi connectivity index (χ4n) is 2.75. The van der Waals surface area contributed by atoms with E-state index in [0.717, 1.165) is 31.4 Å². The zero-order chi connectivity index (χ0) is 17.0. The molecule has 4 nitrogen and oxygen atoms in total. The second kappa shape index (κ2) is 7.39. The molecule has 0 bridgehead atoms. The van der Waals surface area contributed by atoms with Crippen molar-refractivity contribution in [2.45, 2.75) is 64.1 Å². The number of rotatable bonds is 3. The molecule has 1 fully saturated rings. The molecule has 1 saturated carbocycles. The van der Waals surface area contributed by atoms with Gasteiger partial charge in [0.05, 0.1) is 5.02 Å². The highest BCUT2D eigenvalue weighted by Gasteiger charge is 2.25. The van der Waals surface area contributed by atoms with Crippen molar-refractivity contribution in [2.24, 2.45) is 0 Å². The number of alkyl carbamates (subject to hydrolysis) is 1. The molecule has 0 heterocycles. The summed E-state index contributed by atoms with van der Waals surface area (Å²) in [5.41, 5.74) is 0.292. The molecule has 2 rings (SSSR count). The van der Waals surface area contributed by atoms with Gasteiger partial charge in [-0.3, -0.25) is 0 Å². The lowest BCUT2D eigenvalue weighted by molar-refractivity contribution is 0.0492. The monoisotopic (exact) mass is 342 g/mol. The van der Waals surface area contributed by atoms with Crippen LogP contribution < -0.4 is 10.6 Å². The van der Waals surface area contributed by atoms with Crippen molar-refractivity contribution in [1.82, 2.24) is 5.32 Å². The Balaban J connectivity index is 1.88. The van der Waals surface area contributed by atoms with Crippen LogP contribution in [0.5, 0.6) is 0 Å². The van der Waals surface area contributed by atoms with Crippen LogP contribution in [0.4, 0.5) is 14.9 Å². The van der Waals surface area contributed by atoms with E-state index in [-0.39, 0.29) is 23.2 Å². The molecule has 0 spiro atoms. The molecule has 0 radical (unpaired) electrons. The first-order chi connectivity index (χ1) is 10.7. The number of carbonyl (C=O) groups excluding carboxylic acids is 1. The van der Waals surface area contributed by atoms with Gasteiger partial charge in [0.2, 0.25) is 0 Å². The zero-order valence-corrected chi connectivity index (χ0v) is 14.5. The lowest BCUT2D eigenvalue weighted by Gasteiger charge is -2.31. The third-order valence-corrected chi connectivity index (χ3v) is 3.98. The van der Waals surface area contributed by atoms with E-state index in [1.54, 1.807) is 12.1 Å². The molecule has 128 valence electrons. The number of benzene rings is 1. The zero-order valence-electron chi connectivity index (χ0n) is 13.8. The van der Waals surface area contributed by atoms with E-state index >= 15 is 0 Å². The first kappa shape index (κ1) is 17.9. The Morgan fingerprint density at radius 2 is 2.00 bits per heavy atom. The van der Waals surface area contributed by atoms with Gasteiger partial charge < -0.3 is 15.4 Å². The first-order valence-corrected chi connectivity index (χ1v) is 8.32. The normalized spacial score (nSPS) is 21.6. The SMILES string of the molecule is CC(C)(C)OC(=O)NC1CCCC(Nc2ccc(F)c(Cl)c2)C1. The molecule has 0 saturated heterocycles. The van der Waals surface area contributed by atoms with E-state index in [0.29, 0.717) is 0 Å². The summed E-state index contributed by atoms with van der Waals surface area (Å²) < 4.78 is 18.5. The Hall–Kier alpha value is -1.49. The van der Waals surface area contributed by atoms with E-state index in [2.05, 4.69) is 10.6 Å². The molecular formula is C17H24ClFN2O2. The van der Waals surface area contributed by atoms with E-state index in [9.17, 15) is 9.18 Å². The average molecular weight is 343 g/mol. The number of ether oxygens (including phenoxy) is 1. The topological polar surface area (TPSA) is 50.4 Å². The van der Waals surface area contributed by atoms with Gasteiger partial charge in [0.15, 0.2) is 0 Å². The molecule has 1 amide bonds. The summed E-state index contributed by atoms with van der Waals surface area (Å²) in [6, 6.07) is 4.90. The van der Waals surface area contributed by atoms with Gasteiger partial charge in [-0.25, -0.2) is 9.18 Å². The van der Waals surface area contributed by atoms with Crippen LogP contribution >= 0.6 is 11.6 Å². The third-order valence-electron chi connectivity index (χ3n) is 3.69. The van der Waals surface area contributed by atoms with E-state index in [1.165, 1.54) is 6.07 Å². The van der Waals surface area contributed by atoms with E-state index in [1.807, 2.05) is 20.8 Å². The maximum Gasteiger partial charge on any atom is 0.407 e. The Kier molecular flexibility index (Phi) is 5.74. The number of amides is 1. The van der Waals surface area contributed by atoms with Crippen LogP contribution in [0, 0.1) is 5.82 Å². The number of hydrogen-bond donors (Lipinski definition) is 2. The largest absolute Gasteiger partial charge is 0.444 e. The van der Waals surface area contributed by atoms with Gasteiger partial charge in [0.25, 0.3) is 0 Å². The molecule has 23 heavy (non-hydrogen) atoms. The van der Waals surface area contributed by atoms with E-state index < -0.39 is 11.4 Å². The minimum Gasteiger partial charge on any atom is -0.444 e. The Labute approximate surface area is 141 Å². The van der Waals surface area contributed by atoms with Gasteiger partial charge >= 0.3 is 6.09 Å². The van der Waals surface area contributed by atoms with Gasteiger partial charge in [-0.1, -0.05) is 11.6 Å². The number of halogens is 2. The molecule has 0 aromatic heterocycles. The van der Waals surface area contributed by atoms with Crippen LogP contribution in [-0.2, 0) is 4.74 Å². The van der Waals surface area contributed by atoms with Crippen LogP contribution in [0.15, 0.2) is 18.2 Å². The standard InChI is InChI=1S/C17H24ClFN2O2/c1-17(2,3)23-16(22)21-12-6-4-5-11(9-12)20-13-7-8-15(19)14(18)10-13/h7-8,10-12,20H,4-6,9H2,1-3H3,(H,21,22). The predicted molar refractivity (Wildman–Crippen MR) is 90.4 cm³/mol. The number of anilines is 1. The molecular weight excluding hydrogens is 319 g/mol. The summed E-state index contributed by atoms with van der Waals surface area (Å²) >= 11 is 5.80. The fraction of sp³-hybridized carbons (Fsp3) is 0.588. The lowest BCUT2D eigenvalue weighted by Crippen LogP contribution is -2.43. The summed E-state index contributed by atoms with van der Waals surface area (Å²) in [4.78, 5) is 11.9. The fourth-order valence-corrected chi connectivity index (χ4v) is 2.93. The minimum absolute atomic E-state index is 0.0759. The van der Waals surface area contributed by atoms with Crippen molar-refractivity contribution in [3.05, 3.63) is 29.0 Å². The van der Waals surface area contributed by atoms with Crippen molar-refractivity contribution in [3.63, 3.8) is 0 Å². The summed E-state index contributed by atoms with van der Waals surface area (Å²) in [5, 5.41) is 6.39. The predicted octanol–water partition coefficient (Wildman–Crippen LogP) is 4.73. The molecule has 1 aromatic rings. The Morgan fingerprint density at radius 3 is 2.65 bits per heavy atom. The Morgan fingerprint density at radius 1 is 1.30 bits per heavy atom. The van der Waals surface area contributed by atoms with Crippen molar-refractivity contribution in [3.8, 4) is 0 Å². The van der Waals surface area contributed by atoms with Crippen LogP contribution in [0.25, 0.3) is 0 Å². The second-order valence-corrected chi connectivity index (χ2v) is 7.39. The van der Waals surface area contributed by atoms with E-state index in [4.69, 9.17) is 16.3 Å². The second-order valence-electron chi connectivity index (χ2n) is 6.98. The average Bonchev–Trinajstić information content (AvgIpc) is 2.41. The molecule has 1 aliphatic carbocycles. The van der Waals surface area contributed by atoms with Gasteiger partial charge in [0, 0.05) is 17.8 Å². The highest BCUT2D eigenvalue weighted by atomic mass is 35.5. The van der Waals surface area contributed by atoms with Crippen LogP contribution in [0.1, 0.15) is 46.5 Å². The van der Waals surface area contributed by atoms with Crippen molar-refractivity contribution in [2.75, 3.05) is 5.32 Å². The lowest BCUT2D eigenvalue weighted by atomic mass is 9.91. The smallest absolute Gasteiger partial charge is 0.407 e. The van der Waals surface area contributed by atoms with Crippen LogP contribution in [-0.4, -0.2) is 23.8 Å². The van der Waals surface area contributed by atoms with Crippen LogP contribution in [0.3, 0.4) is 0 Å². The van der Waals surface area contributed by atoms with Crippen molar-refractivity contribution >= 4 is 23.4 Å². The van der Waals surface area contributed by atoms with Gasteiger partial charge in [-0.2, -0.15) is 0 Å². The Bertz CT molecular complexity index is 560. The highest BCUT2D eigenvalue weighted by Crippen LogP contribution is 2.25. The summed E-state index contributed by atoms with van der Waals surface area (Å²) in [6.45, 7) is 5.53. The number of hydrogen-bond acceptors (Lipinski definition) is 3. The summed E-state index contributed by atoms with van der Waals surface area (Å²) in [6.07, 6.45) is 3.36. The maximum atomic E-state index is 13.2. The van der Waals surface area contributed by atoms with Crippen molar-refractivity contribution in [1.29, 1.82) is 0 Å². The van der Waals surface area contributed by atoms with Crippen molar-refractivity contribution < 1.29 is 13.9 Å². The molecule has 0 aliphatic heterocycles. The molecule has 2 N–H and O–H groups in total. The molecule has 2 atom stereocenters. The molecule has 1 aliphatic rings. The molecule has 1 aromatic carbocycles. The minimum atomic E-state index is -0.499. The van der Waals surface area contributed by atoms with Crippen LogP contribution in [0.2, 0.25) is 5.02 Å². The quantitative estimate of drug-likeness (QED) is 0.835. The molecule has 6 heteroatoms. The number of carbonyl (C=O) groups is 1. The maximum absolute atomic E-state index is 13.2. The molecule has 2 unspecified atom stereocenters. The first-order valence-electron chi connectivity index (χ1n) is 7.94.